The van der Waals surface area contributed by atoms with Crippen LogP contribution in [0.1, 0.15) is 31.4 Å². The third kappa shape index (κ3) is 3.08. The normalized spacial score (nSPS) is 10.8. The average molecular weight is 260 g/mol. The smallest absolute Gasteiger partial charge is 0.130 e. The van der Waals surface area contributed by atoms with E-state index in [1.807, 2.05) is 37.4 Å². The van der Waals surface area contributed by atoms with Gasteiger partial charge in [0.1, 0.15) is 23.9 Å². The largest absolute Gasteiger partial charge is 0.497 e. The molecule has 0 aliphatic rings. The number of imidazole rings is 1. The predicted octanol–water partition coefficient (Wildman–Crippen LogP) is 3.36. The number of aryl methyl sites for hydroxylation is 1. The quantitative estimate of drug-likeness (QED) is 0.827. The Hall–Kier alpha value is -1.97. The van der Waals surface area contributed by atoms with Crippen molar-refractivity contribution in [2.75, 3.05) is 7.11 Å². The molecule has 19 heavy (non-hydrogen) atoms. The Morgan fingerprint density at radius 1 is 1.26 bits per heavy atom. The minimum absolute atomic E-state index is 0.381. The SMILES string of the molecule is COc1cccc(OCc2cnc(C)n2C(C)C)c1. The molecule has 0 bridgehead atoms. The van der Waals surface area contributed by atoms with Crippen LogP contribution in [0, 0.1) is 6.92 Å². The Balaban J connectivity index is 2.10. The minimum Gasteiger partial charge on any atom is -0.497 e. The van der Waals surface area contributed by atoms with Gasteiger partial charge in [0.25, 0.3) is 0 Å². The molecule has 0 unspecified atom stereocenters. The van der Waals surface area contributed by atoms with E-state index in [9.17, 15) is 0 Å². The summed E-state index contributed by atoms with van der Waals surface area (Å²) < 4.78 is 13.2. The van der Waals surface area contributed by atoms with E-state index in [1.54, 1.807) is 7.11 Å². The lowest BCUT2D eigenvalue weighted by atomic mass is 10.3. The standard InChI is InChI=1S/C15H20N2O2/c1-11(2)17-12(3)16-9-13(17)10-19-15-7-5-6-14(8-15)18-4/h5-9,11H,10H2,1-4H3. The average Bonchev–Trinajstić information content (AvgIpc) is 2.78. The van der Waals surface area contributed by atoms with Gasteiger partial charge in [-0.1, -0.05) is 6.07 Å². The monoisotopic (exact) mass is 260 g/mol. The summed E-state index contributed by atoms with van der Waals surface area (Å²) in [4.78, 5) is 4.34. The molecule has 4 nitrogen and oxygen atoms in total. The highest BCUT2D eigenvalue weighted by molar-refractivity contribution is 5.32. The first-order chi connectivity index (χ1) is 9.11. The fraction of sp³-hybridized carbons (Fsp3) is 0.400. The lowest BCUT2D eigenvalue weighted by Gasteiger charge is -2.14. The number of aromatic nitrogens is 2. The van der Waals surface area contributed by atoms with Crippen molar-refractivity contribution < 1.29 is 9.47 Å². The first-order valence-electron chi connectivity index (χ1n) is 6.41. The summed E-state index contributed by atoms with van der Waals surface area (Å²) in [6, 6.07) is 7.99. The molecule has 0 fully saturated rings. The second-order valence-corrected chi connectivity index (χ2v) is 4.73. The van der Waals surface area contributed by atoms with E-state index in [0.717, 1.165) is 23.0 Å². The molecule has 0 spiro atoms. The highest BCUT2D eigenvalue weighted by atomic mass is 16.5. The van der Waals surface area contributed by atoms with E-state index >= 15 is 0 Å². The summed E-state index contributed by atoms with van der Waals surface area (Å²) in [5.74, 6) is 2.61. The summed E-state index contributed by atoms with van der Waals surface area (Å²) in [7, 11) is 1.65. The molecule has 4 heteroatoms. The molecular formula is C15H20N2O2. The molecule has 0 aliphatic carbocycles. The van der Waals surface area contributed by atoms with Crippen molar-refractivity contribution in [3.05, 3.63) is 42.0 Å². The van der Waals surface area contributed by atoms with Gasteiger partial charge in [-0.25, -0.2) is 4.98 Å². The Labute approximate surface area is 114 Å². The van der Waals surface area contributed by atoms with Gasteiger partial charge in [0.05, 0.1) is 19.0 Å². The first-order valence-corrected chi connectivity index (χ1v) is 6.41. The van der Waals surface area contributed by atoms with E-state index in [-0.39, 0.29) is 0 Å². The van der Waals surface area contributed by atoms with Crippen LogP contribution in [0.15, 0.2) is 30.5 Å². The van der Waals surface area contributed by atoms with Crippen molar-refractivity contribution in [1.29, 1.82) is 0 Å². The van der Waals surface area contributed by atoms with Gasteiger partial charge in [-0.2, -0.15) is 0 Å². The molecule has 0 saturated heterocycles. The molecule has 102 valence electrons. The highest BCUT2D eigenvalue weighted by Gasteiger charge is 2.10. The van der Waals surface area contributed by atoms with Crippen molar-refractivity contribution in [3.63, 3.8) is 0 Å². The molecular weight excluding hydrogens is 240 g/mol. The van der Waals surface area contributed by atoms with Crippen molar-refractivity contribution in [2.45, 2.75) is 33.4 Å². The highest BCUT2D eigenvalue weighted by Crippen LogP contribution is 2.21. The third-order valence-corrected chi connectivity index (χ3v) is 3.00. The van der Waals surface area contributed by atoms with Crippen LogP contribution in [0.5, 0.6) is 11.5 Å². The minimum atomic E-state index is 0.381. The van der Waals surface area contributed by atoms with Gasteiger partial charge in [-0.15, -0.1) is 0 Å². The van der Waals surface area contributed by atoms with Crippen molar-refractivity contribution in [2.24, 2.45) is 0 Å². The topological polar surface area (TPSA) is 36.3 Å². The number of hydrogen-bond acceptors (Lipinski definition) is 3. The van der Waals surface area contributed by atoms with Gasteiger partial charge in [0.2, 0.25) is 0 Å². The molecule has 0 amide bonds. The summed E-state index contributed by atoms with van der Waals surface area (Å²) >= 11 is 0. The third-order valence-electron chi connectivity index (χ3n) is 3.00. The maximum Gasteiger partial charge on any atom is 0.130 e. The van der Waals surface area contributed by atoms with Crippen LogP contribution >= 0.6 is 0 Å². The molecule has 2 rings (SSSR count). The van der Waals surface area contributed by atoms with Gasteiger partial charge in [-0.3, -0.25) is 0 Å². The second-order valence-electron chi connectivity index (χ2n) is 4.73. The van der Waals surface area contributed by atoms with Crippen LogP contribution in [0.3, 0.4) is 0 Å². The van der Waals surface area contributed by atoms with Gasteiger partial charge < -0.3 is 14.0 Å². The van der Waals surface area contributed by atoms with Crippen LogP contribution < -0.4 is 9.47 Å². The first kappa shape index (κ1) is 13.5. The van der Waals surface area contributed by atoms with Crippen LogP contribution in [0.2, 0.25) is 0 Å². The van der Waals surface area contributed by atoms with Crippen molar-refractivity contribution >= 4 is 0 Å². The van der Waals surface area contributed by atoms with Crippen molar-refractivity contribution in [3.8, 4) is 11.5 Å². The Kier molecular flexibility index (Phi) is 4.10. The van der Waals surface area contributed by atoms with Crippen LogP contribution in [0.25, 0.3) is 0 Å². The number of methoxy groups -OCH3 is 1. The molecule has 1 aromatic carbocycles. The fourth-order valence-electron chi connectivity index (χ4n) is 2.16. The summed E-state index contributed by atoms with van der Waals surface area (Å²) in [6.45, 7) is 6.80. The number of nitrogens with zero attached hydrogens (tertiary/aromatic N) is 2. The number of hydrogen-bond donors (Lipinski definition) is 0. The molecule has 1 heterocycles. The molecule has 1 aromatic heterocycles. The molecule has 0 aliphatic heterocycles. The van der Waals surface area contributed by atoms with Gasteiger partial charge in [0, 0.05) is 12.1 Å². The van der Waals surface area contributed by atoms with Crippen LogP contribution in [-0.2, 0) is 6.61 Å². The zero-order valence-electron chi connectivity index (χ0n) is 11.9. The molecule has 0 atom stereocenters. The summed E-state index contributed by atoms with van der Waals surface area (Å²) in [5, 5.41) is 0. The summed E-state index contributed by atoms with van der Waals surface area (Å²) in [5.41, 5.74) is 1.08. The lowest BCUT2D eigenvalue weighted by Crippen LogP contribution is -2.09. The summed E-state index contributed by atoms with van der Waals surface area (Å²) in [6.07, 6.45) is 1.87. The Morgan fingerprint density at radius 3 is 2.68 bits per heavy atom. The van der Waals surface area contributed by atoms with Crippen LogP contribution in [0.4, 0.5) is 0 Å². The predicted molar refractivity (Wildman–Crippen MR) is 74.7 cm³/mol. The van der Waals surface area contributed by atoms with E-state index in [1.165, 1.54) is 0 Å². The Morgan fingerprint density at radius 2 is 2.00 bits per heavy atom. The van der Waals surface area contributed by atoms with Crippen molar-refractivity contribution in [1.82, 2.24) is 9.55 Å². The van der Waals surface area contributed by atoms with Crippen LogP contribution in [-0.4, -0.2) is 16.7 Å². The van der Waals surface area contributed by atoms with Gasteiger partial charge in [-0.05, 0) is 32.9 Å². The Bertz CT molecular complexity index is 547. The zero-order chi connectivity index (χ0) is 13.8. The van der Waals surface area contributed by atoms with E-state index < -0.39 is 0 Å². The second kappa shape index (κ2) is 5.78. The van der Waals surface area contributed by atoms with E-state index in [0.29, 0.717) is 12.6 Å². The van der Waals surface area contributed by atoms with E-state index in [4.69, 9.17) is 9.47 Å². The van der Waals surface area contributed by atoms with Gasteiger partial charge in [0.15, 0.2) is 0 Å². The maximum atomic E-state index is 5.80. The lowest BCUT2D eigenvalue weighted by molar-refractivity contribution is 0.289. The molecule has 0 radical (unpaired) electrons. The fourth-order valence-corrected chi connectivity index (χ4v) is 2.16. The molecule has 0 N–H and O–H groups in total. The maximum absolute atomic E-state index is 5.80. The number of ether oxygens (including phenoxy) is 2. The number of rotatable bonds is 5. The zero-order valence-corrected chi connectivity index (χ0v) is 11.9. The molecule has 0 saturated carbocycles. The molecule has 2 aromatic rings. The van der Waals surface area contributed by atoms with E-state index in [2.05, 4.69) is 23.4 Å². The number of benzene rings is 1. The van der Waals surface area contributed by atoms with Gasteiger partial charge >= 0.3 is 0 Å².